The van der Waals surface area contributed by atoms with Crippen LogP contribution in [0, 0.1) is 5.82 Å². The van der Waals surface area contributed by atoms with Crippen molar-refractivity contribution >= 4 is 23.2 Å². The Kier molecular flexibility index (Phi) is 6.35. The van der Waals surface area contributed by atoms with Crippen molar-refractivity contribution in [2.45, 2.75) is 26.3 Å². The van der Waals surface area contributed by atoms with Crippen molar-refractivity contribution in [1.82, 2.24) is 0 Å². The lowest BCUT2D eigenvalue weighted by Gasteiger charge is -2.15. The molecule has 0 aromatic heterocycles. The van der Waals surface area contributed by atoms with Crippen LogP contribution in [-0.4, -0.2) is 19.5 Å². The van der Waals surface area contributed by atoms with Crippen LogP contribution in [0.5, 0.6) is 0 Å². The Morgan fingerprint density at radius 1 is 1.21 bits per heavy atom. The Morgan fingerprint density at radius 2 is 1.88 bits per heavy atom. The summed E-state index contributed by atoms with van der Waals surface area (Å²) >= 11 is 5.92. The monoisotopic (exact) mass is 349 g/mol. The van der Waals surface area contributed by atoms with Gasteiger partial charge in [0.2, 0.25) is 0 Å². The van der Waals surface area contributed by atoms with Gasteiger partial charge in [-0.25, -0.2) is 4.39 Å². The van der Waals surface area contributed by atoms with E-state index in [0.29, 0.717) is 18.2 Å². The van der Waals surface area contributed by atoms with Crippen LogP contribution in [-0.2, 0) is 11.3 Å². The van der Waals surface area contributed by atoms with Gasteiger partial charge in [-0.3, -0.25) is 4.79 Å². The molecule has 0 fully saturated rings. The lowest BCUT2D eigenvalue weighted by atomic mass is 10.0. The molecular weight excluding hydrogens is 327 g/mol. The average Bonchev–Trinajstić information content (AvgIpc) is 2.50. The summed E-state index contributed by atoms with van der Waals surface area (Å²) in [4.78, 5) is 13.2. The lowest BCUT2D eigenvalue weighted by molar-refractivity contribution is -0.885. The zero-order valence-corrected chi connectivity index (χ0v) is 15.0. The van der Waals surface area contributed by atoms with Gasteiger partial charge in [-0.05, 0) is 29.7 Å². The fourth-order valence-electron chi connectivity index (χ4n) is 2.49. The van der Waals surface area contributed by atoms with Crippen LogP contribution in [0.1, 0.15) is 30.9 Å². The molecule has 0 bridgehead atoms. The Morgan fingerprint density at radius 3 is 2.46 bits per heavy atom. The molecule has 0 heterocycles. The minimum Gasteiger partial charge on any atom is -0.326 e. The smallest absolute Gasteiger partial charge is 0.279 e. The number of nitrogens with one attached hydrogen (secondary N) is 2. The highest BCUT2D eigenvalue weighted by Gasteiger charge is 2.13. The first kappa shape index (κ1) is 18.4. The number of rotatable bonds is 6. The standard InChI is InChI=1S/C19H22ClFN2O/c1-13(2)15-6-4-14(5-7-15)11-23(3)12-19(24)22-18-9-8-16(21)10-17(18)20/h4-10,13H,11-12H2,1-3H3,(H,22,24)/p+1. The summed E-state index contributed by atoms with van der Waals surface area (Å²) in [5, 5.41) is 2.92. The number of halogens is 2. The molecule has 0 saturated heterocycles. The lowest BCUT2D eigenvalue weighted by Crippen LogP contribution is -3.08. The molecule has 2 rings (SSSR count). The molecule has 0 saturated carbocycles. The SMILES string of the molecule is CC(C)c1ccc(C[NH+](C)CC(=O)Nc2ccc(F)cc2Cl)cc1. The van der Waals surface area contributed by atoms with Gasteiger partial charge in [0.05, 0.1) is 17.8 Å². The first-order valence-corrected chi connectivity index (χ1v) is 8.38. The number of amides is 1. The molecule has 1 unspecified atom stereocenters. The van der Waals surface area contributed by atoms with Gasteiger partial charge in [0, 0.05) is 5.56 Å². The zero-order valence-electron chi connectivity index (χ0n) is 14.2. The fourth-order valence-corrected chi connectivity index (χ4v) is 2.71. The van der Waals surface area contributed by atoms with Crippen molar-refractivity contribution in [2.24, 2.45) is 0 Å². The number of likely N-dealkylation sites (N-methyl/N-ethyl adjacent to an activating group) is 1. The molecular formula is C19H23ClFN2O+. The van der Waals surface area contributed by atoms with Crippen LogP contribution < -0.4 is 10.2 Å². The molecule has 3 nitrogen and oxygen atoms in total. The van der Waals surface area contributed by atoms with E-state index in [1.54, 1.807) is 0 Å². The number of anilines is 1. The topological polar surface area (TPSA) is 33.5 Å². The van der Waals surface area contributed by atoms with E-state index in [-0.39, 0.29) is 10.9 Å². The first-order chi connectivity index (χ1) is 11.3. The largest absolute Gasteiger partial charge is 0.326 e. The molecule has 1 atom stereocenters. The molecule has 2 N–H and O–H groups in total. The van der Waals surface area contributed by atoms with Gasteiger partial charge in [0.1, 0.15) is 12.4 Å². The number of carbonyl (C=O) groups is 1. The van der Waals surface area contributed by atoms with Gasteiger partial charge in [-0.15, -0.1) is 0 Å². The van der Waals surface area contributed by atoms with Gasteiger partial charge < -0.3 is 10.2 Å². The molecule has 1 amide bonds. The van der Waals surface area contributed by atoms with Crippen LogP contribution >= 0.6 is 11.6 Å². The van der Waals surface area contributed by atoms with E-state index in [2.05, 4.69) is 43.4 Å². The summed E-state index contributed by atoms with van der Waals surface area (Å²) in [7, 11) is 1.96. The summed E-state index contributed by atoms with van der Waals surface area (Å²) in [5.74, 6) is -0.0687. The molecule has 5 heteroatoms. The number of hydrogen-bond donors (Lipinski definition) is 2. The first-order valence-electron chi connectivity index (χ1n) is 8.00. The third kappa shape index (κ3) is 5.32. The summed E-state index contributed by atoms with van der Waals surface area (Å²) in [6.07, 6.45) is 0. The van der Waals surface area contributed by atoms with E-state index in [9.17, 15) is 9.18 Å². The van der Waals surface area contributed by atoms with Gasteiger partial charge >= 0.3 is 0 Å². The molecule has 0 spiro atoms. The second-order valence-corrected chi connectivity index (χ2v) is 6.79. The Balaban J connectivity index is 1.89. The van der Waals surface area contributed by atoms with Gasteiger partial charge in [0.15, 0.2) is 6.54 Å². The van der Waals surface area contributed by atoms with Crippen molar-refractivity contribution in [1.29, 1.82) is 0 Å². The highest BCUT2D eigenvalue weighted by molar-refractivity contribution is 6.33. The second-order valence-electron chi connectivity index (χ2n) is 6.38. The third-order valence-corrected chi connectivity index (χ3v) is 4.13. The minimum atomic E-state index is -0.425. The molecule has 24 heavy (non-hydrogen) atoms. The molecule has 0 aliphatic rings. The predicted molar refractivity (Wildman–Crippen MR) is 96.0 cm³/mol. The fraction of sp³-hybridized carbons (Fsp3) is 0.316. The van der Waals surface area contributed by atoms with Crippen molar-refractivity contribution in [3.05, 3.63) is 64.4 Å². The van der Waals surface area contributed by atoms with Crippen LogP contribution in [0.2, 0.25) is 5.02 Å². The zero-order chi connectivity index (χ0) is 17.7. The van der Waals surface area contributed by atoms with Crippen LogP contribution in [0.25, 0.3) is 0 Å². The van der Waals surface area contributed by atoms with E-state index in [1.807, 2.05) is 7.05 Å². The van der Waals surface area contributed by atoms with Gasteiger partial charge in [-0.1, -0.05) is 49.7 Å². The number of hydrogen-bond acceptors (Lipinski definition) is 1. The second kappa shape index (κ2) is 8.27. The quantitative estimate of drug-likeness (QED) is 0.824. The van der Waals surface area contributed by atoms with Crippen molar-refractivity contribution < 1.29 is 14.1 Å². The van der Waals surface area contributed by atoms with Gasteiger partial charge in [0.25, 0.3) is 5.91 Å². The average molecular weight is 350 g/mol. The third-order valence-electron chi connectivity index (χ3n) is 3.82. The van der Waals surface area contributed by atoms with Crippen LogP contribution in [0.3, 0.4) is 0 Å². The predicted octanol–water partition coefficient (Wildman–Crippen LogP) is 3.26. The highest BCUT2D eigenvalue weighted by Crippen LogP contribution is 2.22. The molecule has 2 aromatic rings. The summed E-state index contributed by atoms with van der Waals surface area (Å²) in [6.45, 7) is 5.39. The summed E-state index contributed by atoms with van der Waals surface area (Å²) in [6, 6.07) is 12.4. The Hall–Kier alpha value is -1.91. The molecule has 2 aromatic carbocycles. The number of benzene rings is 2. The van der Waals surface area contributed by atoms with Crippen LogP contribution in [0.15, 0.2) is 42.5 Å². The number of quaternary nitrogens is 1. The maximum Gasteiger partial charge on any atom is 0.279 e. The van der Waals surface area contributed by atoms with E-state index in [1.165, 1.54) is 29.3 Å². The van der Waals surface area contributed by atoms with E-state index in [4.69, 9.17) is 11.6 Å². The maximum atomic E-state index is 13.0. The Bertz CT molecular complexity index is 701. The van der Waals surface area contributed by atoms with Gasteiger partial charge in [-0.2, -0.15) is 0 Å². The molecule has 0 aliphatic heterocycles. The van der Waals surface area contributed by atoms with E-state index >= 15 is 0 Å². The molecule has 128 valence electrons. The highest BCUT2D eigenvalue weighted by atomic mass is 35.5. The van der Waals surface area contributed by atoms with E-state index < -0.39 is 5.82 Å². The maximum absolute atomic E-state index is 13.0. The van der Waals surface area contributed by atoms with Crippen LogP contribution in [0.4, 0.5) is 10.1 Å². The van der Waals surface area contributed by atoms with E-state index in [0.717, 1.165) is 11.4 Å². The minimum absolute atomic E-state index is 0.153. The van der Waals surface area contributed by atoms with Crippen molar-refractivity contribution in [3.8, 4) is 0 Å². The Labute approximate surface area is 147 Å². The normalized spacial score (nSPS) is 12.2. The number of carbonyl (C=O) groups excluding carboxylic acids is 1. The van der Waals surface area contributed by atoms with Crippen molar-refractivity contribution in [2.75, 3.05) is 18.9 Å². The van der Waals surface area contributed by atoms with Crippen molar-refractivity contribution in [3.63, 3.8) is 0 Å². The summed E-state index contributed by atoms with van der Waals surface area (Å²) in [5.41, 5.74) is 2.92. The molecule has 0 aliphatic carbocycles. The summed E-state index contributed by atoms with van der Waals surface area (Å²) < 4.78 is 13.0. The molecule has 0 radical (unpaired) electrons.